The predicted octanol–water partition coefficient (Wildman–Crippen LogP) is 3.53. The smallest absolute Gasteiger partial charge is 0.408 e. The van der Waals surface area contributed by atoms with E-state index in [9.17, 15) is 4.79 Å². The Hall–Kier alpha value is -1.56. The summed E-state index contributed by atoms with van der Waals surface area (Å²) < 4.78 is 5.12. The number of thiophene rings is 1. The van der Waals surface area contributed by atoms with E-state index in [1.807, 2.05) is 36.6 Å². The minimum atomic E-state index is -0.439. The number of H-pyrrole nitrogens is 1. The molecule has 3 aromatic rings. The summed E-state index contributed by atoms with van der Waals surface area (Å²) in [5.41, 5.74) is 2.28. The number of benzene rings is 1. The lowest BCUT2D eigenvalue weighted by Crippen LogP contribution is -2.21. The SMILES string of the molecule is CCNC(c1ccc2[nH]c(=O)oc2c1)c1sccc1Cl. The maximum Gasteiger partial charge on any atom is 0.417 e. The molecule has 1 unspecified atom stereocenters. The monoisotopic (exact) mass is 308 g/mol. The lowest BCUT2D eigenvalue weighted by atomic mass is 10.0. The summed E-state index contributed by atoms with van der Waals surface area (Å²) in [5, 5.41) is 6.13. The largest absolute Gasteiger partial charge is 0.417 e. The fourth-order valence-electron chi connectivity index (χ4n) is 2.22. The van der Waals surface area contributed by atoms with E-state index < -0.39 is 5.76 Å². The van der Waals surface area contributed by atoms with E-state index in [1.54, 1.807) is 11.3 Å². The molecule has 0 radical (unpaired) electrons. The van der Waals surface area contributed by atoms with Gasteiger partial charge in [-0.1, -0.05) is 24.6 Å². The standard InChI is InChI=1S/C14H13ClN2O2S/c1-2-16-12(13-9(15)5-6-20-13)8-3-4-10-11(7-8)19-14(18)17-10/h3-7,12,16H,2H2,1H3,(H,17,18). The van der Waals surface area contributed by atoms with Gasteiger partial charge in [-0.2, -0.15) is 0 Å². The molecule has 0 aliphatic heterocycles. The molecule has 0 fully saturated rings. The summed E-state index contributed by atoms with van der Waals surface area (Å²) in [4.78, 5) is 14.9. The number of hydrogen-bond acceptors (Lipinski definition) is 4. The van der Waals surface area contributed by atoms with Crippen LogP contribution in [0.2, 0.25) is 5.02 Å². The molecule has 1 aromatic carbocycles. The Labute approximate surface area is 124 Å². The zero-order valence-electron chi connectivity index (χ0n) is 10.8. The molecule has 3 rings (SSSR count). The maximum atomic E-state index is 11.2. The van der Waals surface area contributed by atoms with Crippen LogP contribution in [0.5, 0.6) is 0 Å². The van der Waals surface area contributed by atoms with E-state index in [-0.39, 0.29) is 6.04 Å². The molecule has 0 aliphatic carbocycles. The van der Waals surface area contributed by atoms with E-state index >= 15 is 0 Å². The van der Waals surface area contributed by atoms with Gasteiger partial charge in [0.05, 0.1) is 16.6 Å². The van der Waals surface area contributed by atoms with Crippen LogP contribution in [-0.2, 0) is 0 Å². The fourth-order valence-corrected chi connectivity index (χ4v) is 3.49. The third kappa shape index (κ3) is 2.40. The number of nitrogens with one attached hydrogen (secondary N) is 2. The average Bonchev–Trinajstić information content (AvgIpc) is 3.00. The second kappa shape index (κ2) is 5.44. The first-order valence-corrected chi connectivity index (χ1v) is 7.54. The van der Waals surface area contributed by atoms with Gasteiger partial charge in [-0.05, 0) is 35.7 Å². The van der Waals surface area contributed by atoms with Gasteiger partial charge < -0.3 is 9.73 Å². The van der Waals surface area contributed by atoms with Crippen LogP contribution in [0.25, 0.3) is 11.1 Å². The summed E-state index contributed by atoms with van der Waals surface area (Å²) >= 11 is 7.84. The minimum absolute atomic E-state index is 0.00268. The van der Waals surface area contributed by atoms with Crippen LogP contribution >= 0.6 is 22.9 Å². The Balaban J connectivity index is 2.09. The number of rotatable bonds is 4. The Morgan fingerprint density at radius 2 is 2.30 bits per heavy atom. The molecule has 104 valence electrons. The zero-order chi connectivity index (χ0) is 14.1. The molecule has 2 heterocycles. The van der Waals surface area contributed by atoms with Crippen molar-refractivity contribution in [3.8, 4) is 0 Å². The minimum Gasteiger partial charge on any atom is -0.408 e. The molecule has 2 N–H and O–H groups in total. The zero-order valence-corrected chi connectivity index (χ0v) is 12.3. The van der Waals surface area contributed by atoms with E-state index in [4.69, 9.17) is 16.0 Å². The first-order chi connectivity index (χ1) is 9.69. The lowest BCUT2D eigenvalue weighted by molar-refractivity contribution is 0.554. The number of aromatic amines is 1. The van der Waals surface area contributed by atoms with Gasteiger partial charge in [-0.15, -0.1) is 11.3 Å². The lowest BCUT2D eigenvalue weighted by Gasteiger charge is -2.17. The van der Waals surface area contributed by atoms with Crippen molar-refractivity contribution in [2.75, 3.05) is 6.54 Å². The van der Waals surface area contributed by atoms with Crippen molar-refractivity contribution < 1.29 is 4.42 Å². The molecular weight excluding hydrogens is 296 g/mol. The first-order valence-electron chi connectivity index (χ1n) is 6.28. The van der Waals surface area contributed by atoms with Crippen LogP contribution in [0.3, 0.4) is 0 Å². The molecule has 1 atom stereocenters. The fraction of sp³-hybridized carbons (Fsp3) is 0.214. The molecule has 2 aromatic heterocycles. The highest BCUT2D eigenvalue weighted by atomic mass is 35.5. The average molecular weight is 309 g/mol. The molecule has 0 bridgehead atoms. The number of halogens is 1. The van der Waals surface area contributed by atoms with E-state index in [0.717, 1.165) is 22.0 Å². The summed E-state index contributed by atoms with van der Waals surface area (Å²) in [6.45, 7) is 2.86. The highest BCUT2D eigenvalue weighted by Gasteiger charge is 2.18. The number of fused-ring (bicyclic) bond motifs is 1. The van der Waals surface area contributed by atoms with Crippen LogP contribution in [0.15, 0.2) is 38.9 Å². The third-order valence-corrected chi connectivity index (χ3v) is 4.52. The Bertz CT molecular complexity index is 790. The Morgan fingerprint density at radius 1 is 1.45 bits per heavy atom. The number of hydrogen-bond donors (Lipinski definition) is 2. The first kappa shape index (κ1) is 13.4. The quantitative estimate of drug-likeness (QED) is 0.775. The van der Waals surface area contributed by atoms with E-state index in [0.29, 0.717) is 11.1 Å². The van der Waals surface area contributed by atoms with Gasteiger partial charge in [-0.25, -0.2) is 4.79 Å². The Morgan fingerprint density at radius 3 is 3.00 bits per heavy atom. The van der Waals surface area contributed by atoms with E-state index in [1.165, 1.54) is 0 Å². The molecule has 0 saturated carbocycles. The van der Waals surface area contributed by atoms with E-state index in [2.05, 4.69) is 10.3 Å². The molecule has 6 heteroatoms. The van der Waals surface area contributed by atoms with Crippen molar-refractivity contribution in [3.05, 3.63) is 55.7 Å². The molecule has 0 saturated heterocycles. The van der Waals surface area contributed by atoms with Crippen molar-refractivity contribution >= 4 is 34.0 Å². The van der Waals surface area contributed by atoms with Gasteiger partial charge in [0.25, 0.3) is 0 Å². The molecule has 0 amide bonds. The molecular formula is C14H13ClN2O2S. The van der Waals surface area contributed by atoms with Gasteiger partial charge in [0.2, 0.25) is 0 Å². The van der Waals surface area contributed by atoms with Crippen LogP contribution in [0, 0.1) is 0 Å². The number of oxazole rings is 1. The van der Waals surface area contributed by atoms with Crippen molar-refractivity contribution in [3.63, 3.8) is 0 Å². The van der Waals surface area contributed by atoms with Crippen LogP contribution < -0.4 is 11.1 Å². The third-order valence-electron chi connectivity index (χ3n) is 3.09. The molecule has 4 nitrogen and oxygen atoms in total. The van der Waals surface area contributed by atoms with Crippen molar-refractivity contribution in [1.82, 2.24) is 10.3 Å². The van der Waals surface area contributed by atoms with Gasteiger partial charge in [-0.3, -0.25) is 4.98 Å². The maximum absolute atomic E-state index is 11.2. The van der Waals surface area contributed by atoms with Crippen LogP contribution in [0.4, 0.5) is 0 Å². The molecule has 0 spiro atoms. The van der Waals surface area contributed by atoms with Gasteiger partial charge >= 0.3 is 5.76 Å². The van der Waals surface area contributed by atoms with Gasteiger partial charge in [0.15, 0.2) is 5.58 Å². The number of aromatic nitrogens is 1. The van der Waals surface area contributed by atoms with Gasteiger partial charge in [0.1, 0.15) is 0 Å². The highest BCUT2D eigenvalue weighted by molar-refractivity contribution is 7.10. The van der Waals surface area contributed by atoms with Gasteiger partial charge in [0, 0.05) is 4.88 Å². The summed E-state index contributed by atoms with van der Waals surface area (Å²) in [6, 6.07) is 7.58. The van der Waals surface area contributed by atoms with Crippen molar-refractivity contribution in [2.24, 2.45) is 0 Å². The second-order valence-corrected chi connectivity index (χ2v) is 5.75. The molecule has 0 aliphatic rings. The summed E-state index contributed by atoms with van der Waals surface area (Å²) in [5.74, 6) is -0.439. The van der Waals surface area contributed by atoms with Crippen molar-refractivity contribution in [1.29, 1.82) is 0 Å². The van der Waals surface area contributed by atoms with Crippen molar-refractivity contribution in [2.45, 2.75) is 13.0 Å². The normalized spacial score (nSPS) is 12.9. The Kier molecular flexibility index (Phi) is 3.65. The molecule has 20 heavy (non-hydrogen) atoms. The second-order valence-electron chi connectivity index (χ2n) is 4.39. The van der Waals surface area contributed by atoms with Crippen LogP contribution in [0.1, 0.15) is 23.4 Å². The summed E-state index contributed by atoms with van der Waals surface area (Å²) in [7, 11) is 0. The van der Waals surface area contributed by atoms with Crippen LogP contribution in [-0.4, -0.2) is 11.5 Å². The predicted molar refractivity (Wildman–Crippen MR) is 81.7 cm³/mol. The summed E-state index contributed by atoms with van der Waals surface area (Å²) in [6.07, 6.45) is 0. The highest BCUT2D eigenvalue weighted by Crippen LogP contribution is 2.33. The topological polar surface area (TPSA) is 58.0 Å².